The van der Waals surface area contributed by atoms with Crippen molar-refractivity contribution in [1.82, 2.24) is 0 Å². The summed E-state index contributed by atoms with van der Waals surface area (Å²) in [6, 6.07) is 12.8. The lowest BCUT2D eigenvalue weighted by Crippen LogP contribution is -2.21. The summed E-state index contributed by atoms with van der Waals surface area (Å²) in [5, 5.41) is 5.81. The van der Waals surface area contributed by atoms with E-state index in [1.54, 1.807) is 24.3 Å². The first kappa shape index (κ1) is 18.8. The van der Waals surface area contributed by atoms with Crippen molar-refractivity contribution >= 4 is 29.0 Å². The quantitative estimate of drug-likeness (QED) is 0.762. The van der Waals surface area contributed by atoms with Crippen LogP contribution in [0.1, 0.15) is 41.8 Å². The molecule has 27 heavy (non-hydrogen) atoms. The standard InChI is InChI=1S/C22H24N2O3/c1-4-15-8-5-7-13(2)20(15)24-22(27)19-12-18(19)21(26)23-17-10-6-9-16(11-17)14(3)25/h5-11,18-19H,4,12H2,1-3H3,(H,23,26)(H,24,27). The van der Waals surface area contributed by atoms with E-state index in [1.807, 2.05) is 32.0 Å². The van der Waals surface area contributed by atoms with Crippen LogP contribution in [0.25, 0.3) is 0 Å². The van der Waals surface area contributed by atoms with Crippen LogP contribution in [0.3, 0.4) is 0 Å². The minimum atomic E-state index is -0.333. The Bertz CT molecular complexity index is 904. The Hall–Kier alpha value is -2.95. The number of amides is 2. The average Bonchev–Trinajstić information content (AvgIpc) is 3.44. The molecule has 0 radical (unpaired) electrons. The molecule has 1 saturated carbocycles. The maximum atomic E-state index is 12.6. The maximum absolute atomic E-state index is 12.6. The second-order valence-electron chi connectivity index (χ2n) is 7.03. The summed E-state index contributed by atoms with van der Waals surface area (Å²) >= 11 is 0. The van der Waals surface area contributed by atoms with Crippen LogP contribution in [0.5, 0.6) is 0 Å². The Labute approximate surface area is 159 Å². The normalized spacial score (nSPS) is 17.9. The van der Waals surface area contributed by atoms with E-state index in [1.165, 1.54) is 6.92 Å². The number of nitrogens with one attached hydrogen (secondary N) is 2. The van der Waals surface area contributed by atoms with Gasteiger partial charge in [-0.3, -0.25) is 14.4 Å². The molecular formula is C22H24N2O3. The summed E-state index contributed by atoms with van der Waals surface area (Å²) in [5.74, 6) is -1.00. The summed E-state index contributed by atoms with van der Waals surface area (Å²) < 4.78 is 0. The molecule has 2 atom stereocenters. The molecule has 5 heteroatoms. The van der Waals surface area contributed by atoms with E-state index in [-0.39, 0.29) is 29.4 Å². The monoisotopic (exact) mass is 364 g/mol. The SMILES string of the molecule is CCc1cccc(C)c1NC(=O)C1CC1C(=O)Nc1cccc(C(C)=O)c1. The number of Topliss-reactive ketones (excluding diaryl/α,β-unsaturated/α-hetero) is 1. The molecule has 0 saturated heterocycles. The predicted octanol–water partition coefficient (Wildman–Crippen LogP) is 3.97. The molecule has 2 N–H and O–H groups in total. The summed E-state index contributed by atoms with van der Waals surface area (Å²) in [6.45, 7) is 5.50. The van der Waals surface area contributed by atoms with Crippen LogP contribution >= 0.6 is 0 Å². The topological polar surface area (TPSA) is 75.3 Å². The van der Waals surface area contributed by atoms with Gasteiger partial charge in [0.2, 0.25) is 11.8 Å². The smallest absolute Gasteiger partial charge is 0.228 e. The second kappa shape index (κ2) is 7.74. The molecule has 0 aliphatic heterocycles. The van der Waals surface area contributed by atoms with Gasteiger partial charge in [-0.15, -0.1) is 0 Å². The molecule has 2 aromatic rings. The first-order chi connectivity index (χ1) is 12.9. The number of hydrogen-bond donors (Lipinski definition) is 2. The predicted molar refractivity (Wildman–Crippen MR) is 106 cm³/mol. The summed E-state index contributed by atoms with van der Waals surface area (Å²) in [7, 11) is 0. The fourth-order valence-corrected chi connectivity index (χ4v) is 3.24. The van der Waals surface area contributed by atoms with Gasteiger partial charge in [0.05, 0.1) is 11.8 Å². The third kappa shape index (κ3) is 4.25. The van der Waals surface area contributed by atoms with Crippen molar-refractivity contribution < 1.29 is 14.4 Å². The molecule has 3 rings (SSSR count). The van der Waals surface area contributed by atoms with Crippen molar-refractivity contribution in [3.63, 3.8) is 0 Å². The van der Waals surface area contributed by atoms with Crippen molar-refractivity contribution in [1.29, 1.82) is 0 Å². The number of ketones is 1. The van der Waals surface area contributed by atoms with Gasteiger partial charge in [0.15, 0.2) is 5.78 Å². The van der Waals surface area contributed by atoms with Crippen LogP contribution in [0.15, 0.2) is 42.5 Å². The highest BCUT2D eigenvalue weighted by molar-refractivity contribution is 6.04. The number of carbonyl (C=O) groups excluding carboxylic acids is 3. The van der Waals surface area contributed by atoms with Crippen LogP contribution in [-0.4, -0.2) is 17.6 Å². The third-order valence-electron chi connectivity index (χ3n) is 4.99. The molecule has 1 aliphatic carbocycles. The first-order valence-electron chi connectivity index (χ1n) is 9.22. The lowest BCUT2D eigenvalue weighted by Gasteiger charge is -2.13. The fraction of sp³-hybridized carbons (Fsp3) is 0.318. The third-order valence-corrected chi connectivity index (χ3v) is 4.99. The zero-order valence-corrected chi connectivity index (χ0v) is 15.8. The minimum Gasteiger partial charge on any atom is -0.326 e. The van der Waals surface area contributed by atoms with Crippen molar-refractivity contribution in [2.75, 3.05) is 10.6 Å². The fourth-order valence-electron chi connectivity index (χ4n) is 3.24. The van der Waals surface area contributed by atoms with Gasteiger partial charge in [0, 0.05) is 16.9 Å². The van der Waals surface area contributed by atoms with Crippen LogP contribution in [-0.2, 0) is 16.0 Å². The lowest BCUT2D eigenvalue weighted by molar-refractivity contribution is -0.122. The Morgan fingerprint density at radius 1 is 1.00 bits per heavy atom. The van der Waals surface area contributed by atoms with Gasteiger partial charge in [-0.2, -0.15) is 0 Å². The highest BCUT2D eigenvalue weighted by Crippen LogP contribution is 2.40. The number of para-hydroxylation sites is 1. The lowest BCUT2D eigenvalue weighted by atomic mass is 10.1. The van der Waals surface area contributed by atoms with Crippen molar-refractivity contribution in [2.45, 2.75) is 33.6 Å². The zero-order chi connectivity index (χ0) is 19.6. The van der Waals surface area contributed by atoms with Gasteiger partial charge in [-0.1, -0.05) is 37.3 Å². The van der Waals surface area contributed by atoms with Crippen molar-refractivity contribution in [3.05, 3.63) is 59.2 Å². The van der Waals surface area contributed by atoms with Gasteiger partial charge in [-0.05, 0) is 49.9 Å². The summed E-state index contributed by atoms with van der Waals surface area (Å²) in [5.41, 5.74) is 4.08. The second-order valence-corrected chi connectivity index (χ2v) is 7.03. The number of hydrogen-bond acceptors (Lipinski definition) is 3. The maximum Gasteiger partial charge on any atom is 0.228 e. The number of aryl methyl sites for hydroxylation is 2. The Balaban J connectivity index is 1.62. The van der Waals surface area contributed by atoms with Gasteiger partial charge in [0.1, 0.15) is 0 Å². The van der Waals surface area contributed by atoms with Crippen LogP contribution in [0, 0.1) is 18.8 Å². The summed E-state index contributed by atoms with van der Waals surface area (Å²) in [4.78, 5) is 36.5. The van der Waals surface area contributed by atoms with E-state index in [4.69, 9.17) is 0 Å². The van der Waals surface area contributed by atoms with E-state index in [2.05, 4.69) is 10.6 Å². The largest absolute Gasteiger partial charge is 0.326 e. The van der Waals surface area contributed by atoms with E-state index >= 15 is 0 Å². The summed E-state index contributed by atoms with van der Waals surface area (Å²) in [6.07, 6.45) is 1.37. The van der Waals surface area contributed by atoms with E-state index in [9.17, 15) is 14.4 Å². The molecule has 5 nitrogen and oxygen atoms in total. The van der Waals surface area contributed by atoms with Gasteiger partial charge in [-0.25, -0.2) is 0 Å². The van der Waals surface area contributed by atoms with Gasteiger partial charge in [0.25, 0.3) is 0 Å². The molecule has 1 fully saturated rings. The molecular weight excluding hydrogens is 340 g/mol. The number of rotatable bonds is 6. The molecule has 1 aliphatic rings. The molecule has 0 bridgehead atoms. The zero-order valence-electron chi connectivity index (χ0n) is 15.8. The van der Waals surface area contributed by atoms with Crippen molar-refractivity contribution in [2.24, 2.45) is 11.8 Å². The number of benzene rings is 2. The molecule has 2 unspecified atom stereocenters. The molecule has 140 valence electrons. The number of anilines is 2. The molecule has 2 aromatic carbocycles. The van der Waals surface area contributed by atoms with E-state index in [0.717, 1.165) is 23.2 Å². The average molecular weight is 364 g/mol. The van der Waals surface area contributed by atoms with Crippen LogP contribution < -0.4 is 10.6 Å². The minimum absolute atomic E-state index is 0.0558. The Kier molecular flexibility index (Phi) is 5.40. The highest BCUT2D eigenvalue weighted by Gasteiger charge is 2.48. The molecule has 2 amide bonds. The van der Waals surface area contributed by atoms with Crippen LogP contribution in [0.2, 0.25) is 0 Å². The van der Waals surface area contributed by atoms with Crippen LogP contribution in [0.4, 0.5) is 11.4 Å². The molecule has 0 heterocycles. The van der Waals surface area contributed by atoms with Crippen molar-refractivity contribution in [3.8, 4) is 0 Å². The van der Waals surface area contributed by atoms with E-state index < -0.39 is 0 Å². The van der Waals surface area contributed by atoms with Gasteiger partial charge < -0.3 is 10.6 Å². The Morgan fingerprint density at radius 2 is 1.67 bits per heavy atom. The first-order valence-corrected chi connectivity index (χ1v) is 9.22. The Morgan fingerprint density at radius 3 is 2.33 bits per heavy atom. The van der Waals surface area contributed by atoms with E-state index in [0.29, 0.717) is 17.7 Å². The molecule has 0 aromatic heterocycles. The van der Waals surface area contributed by atoms with Gasteiger partial charge >= 0.3 is 0 Å². The molecule has 0 spiro atoms. The number of carbonyl (C=O) groups is 3. The highest BCUT2D eigenvalue weighted by atomic mass is 16.2.